The molecule has 2 unspecified atom stereocenters. The molecule has 0 heterocycles. The summed E-state index contributed by atoms with van der Waals surface area (Å²) in [7, 11) is 0. The summed E-state index contributed by atoms with van der Waals surface area (Å²) >= 11 is 0. The second-order valence-electron chi connectivity index (χ2n) is 5.37. The molecule has 3 N–H and O–H groups in total. The molecule has 0 bridgehead atoms. The van der Waals surface area contributed by atoms with Crippen LogP contribution in [0.2, 0.25) is 0 Å². The average Bonchev–Trinajstić information content (AvgIpc) is 2.40. The molecule has 1 fully saturated rings. The Balaban J connectivity index is 2.07. The minimum atomic E-state index is -0.443. The Kier molecular flexibility index (Phi) is 4.34. The second-order valence-corrected chi connectivity index (χ2v) is 5.37. The summed E-state index contributed by atoms with van der Waals surface area (Å²) in [5, 5.41) is 13.6. The number of rotatable bonds is 3. The Morgan fingerprint density at radius 2 is 2.20 bits per heavy atom. The Hall–Kier alpha value is -1.95. The molecule has 1 saturated carbocycles. The number of carbonyl (C=O) groups excluding carboxylic acids is 1. The SMILES string of the molecule is Cc1ccc(NC(=O)C2CCCC(N)C2)cc1[N+](=O)[O-]. The van der Waals surface area contributed by atoms with Gasteiger partial charge in [-0.3, -0.25) is 14.9 Å². The third-order valence-corrected chi connectivity index (χ3v) is 3.76. The molecular weight excluding hydrogens is 258 g/mol. The number of nitro benzene ring substituents is 1. The zero-order valence-corrected chi connectivity index (χ0v) is 11.5. The predicted molar refractivity (Wildman–Crippen MR) is 76.4 cm³/mol. The zero-order chi connectivity index (χ0) is 14.7. The van der Waals surface area contributed by atoms with Crippen LogP contribution in [-0.4, -0.2) is 16.9 Å². The average molecular weight is 277 g/mol. The van der Waals surface area contributed by atoms with Crippen LogP contribution in [0, 0.1) is 23.0 Å². The Morgan fingerprint density at radius 3 is 2.85 bits per heavy atom. The number of amides is 1. The van der Waals surface area contributed by atoms with Gasteiger partial charge in [-0.1, -0.05) is 12.5 Å². The van der Waals surface area contributed by atoms with Crippen LogP contribution in [0.5, 0.6) is 0 Å². The van der Waals surface area contributed by atoms with Crippen molar-refractivity contribution in [2.24, 2.45) is 11.7 Å². The number of nitrogens with one attached hydrogen (secondary N) is 1. The fraction of sp³-hybridized carbons (Fsp3) is 0.500. The van der Waals surface area contributed by atoms with E-state index in [0.717, 1.165) is 19.3 Å². The van der Waals surface area contributed by atoms with Crippen LogP contribution >= 0.6 is 0 Å². The summed E-state index contributed by atoms with van der Waals surface area (Å²) in [4.78, 5) is 22.6. The molecule has 20 heavy (non-hydrogen) atoms. The van der Waals surface area contributed by atoms with E-state index in [4.69, 9.17) is 5.73 Å². The van der Waals surface area contributed by atoms with Crippen molar-refractivity contribution in [2.45, 2.75) is 38.6 Å². The maximum absolute atomic E-state index is 12.1. The fourth-order valence-corrected chi connectivity index (χ4v) is 2.59. The Morgan fingerprint density at radius 1 is 1.45 bits per heavy atom. The molecule has 0 aliphatic heterocycles. The van der Waals surface area contributed by atoms with Gasteiger partial charge in [-0.2, -0.15) is 0 Å². The highest BCUT2D eigenvalue weighted by Gasteiger charge is 2.25. The quantitative estimate of drug-likeness (QED) is 0.654. The third-order valence-electron chi connectivity index (χ3n) is 3.76. The number of nitro groups is 1. The van der Waals surface area contributed by atoms with E-state index in [1.165, 1.54) is 6.07 Å². The van der Waals surface area contributed by atoms with Gasteiger partial charge in [-0.05, 0) is 32.3 Å². The highest BCUT2D eigenvalue weighted by Crippen LogP contribution is 2.26. The first kappa shape index (κ1) is 14.5. The van der Waals surface area contributed by atoms with Gasteiger partial charge in [0.15, 0.2) is 0 Å². The van der Waals surface area contributed by atoms with Crippen molar-refractivity contribution < 1.29 is 9.72 Å². The normalized spacial score (nSPS) is 22.3. The monoisotopic (exact) mass is 277 g/mol. The van der Waals surface area contributed by atoms with Crippen molar-refractivity contribution in [1.82, 2.24) is 0 Å². The number of hydrogen-bond acceptors (Lipinski definition) is 4. The summed E-state index contributed by atoms with van der Waals surface area (Å²) < 4.78 is 0. The van der Waals surface area contributed by atoms with E-state index >= 15 is 0 Å². The van der Waals surface area contributed by atoms with Crippen LogP contribution in [-0.2, 0) is 4.79 Å². The van der Waals surface area contributed by atoms with E-state index in [0.29, 0.717) is 17.7 Å². The maximum atomic E-state index is 12.1. The Labute approximate surface area is 117 Å². The number of nitrogens with two attached hydrogens (primary N) is 1. The van der Waals surface area contributed by atoms with Crippen LogP contribution in [0.1, 0.15) is 31.2 Å². The number of carbonyl (C=O) groups is 1. The number of hydrogen-bond donors (Lipinski definition) is 2. The van der Waals surface area contributed by atoms with Gasteiger partial charge in [0.1, 0.15) is 0 Å². The minimum Gasteiger partial charge on any atom is -0.328 e. The lowest BCUT2D eigenvalue weighted by Gasteiger charge is -2.25. The molecule has 0 aromatic heterocycles. The van der Waals surface area contributed by atoms with Crippen LogP contribution in [0.3, 0.4) is 0 Å². The van der Waals surface area contributed by atoms with Crippen molar-refractivity contribution in [1.29, 1.82) is 0 Å². The molecule has 0 spiro atoms. The first-order valence-corrected chi connectivity index (χ1v) is 6.79. The van der Waals surface area contributed by atoms with E-state index in [1.807, 2.05) is 0 Å². The van der Waals surface area contributed by atoms with E-state index < -0.39 is 4.92 Å². The van der Waals surface area contributed by atoms with Crippen LogP contribution in [0.15, 0.2) is 18.2 Å². The minimum absolute atomic E-state index is 0.0168. The molecule has 1 aliphatic rings. The number of benzene rings is 1. The number of aryl methyl sites for hydroxylation is 1. The molecule has 0 saturated heterocycles. The fourth-order valence-electron chi connectivity index (χ4n) is 2.59. The molecule has 1 amide bonds. The highest BCUT2D eigenvalue weighted by molar-refractivity contribution is 5.93. The van der Waals surface area contributed by atoms with Gasteiger partial charge in [-0.25, -0.2) is 0 Å². The van der Waals surface area contributed by atoms with Crippen molar-refractivity contribution in [3.63, 3.8) is 0 Å². The molecule has 0 radical (unpaired) electrons. The molecule has 1 aliphatic carbocycles. The van der Waals surface area contributed by atoms with Gasteiger partial charge >= 0.3 is 0 Å². The highest BCUT2D eigenvalue weighted by atomic mass is 16.6. The van der Waals surface area contributed by atoms with Gasteiger partial charge in [0.25, 0.3) is 5.69 Å². The lowest BCUT2D eigenvalue weighted by Crippen LogP contribution is -2.34. The molecule has 1 aromatic carbocycles. The molecule has 1 aromatic rings. The van der Waals surface area contributed by atoms with Crippen LogP contribution in [0.25, 0.3) is 0 Å². The first-order chi connectivity index (χ1) is 9.47. The van der Waals surface area contributed by atoms with Crippen molar-refractivity contribution in [3.8, 4) is 0 Å². The van der Waals surface area contributed by atoms with Crippen LogP contribution < -0.4 is 11.1 Å². The first-order valence-electron chi connectivity index (χ1n) is 6.79. The van der Waals surface area contributed by atoms with E-state index in [2.05, 4.69) is 5.32 Å². The summed E-state index contributed by atoms with van der Waals surface area (Å²) in [6.07, 6.45) is 3.42. The summed E-state index contributed by atoms with van der Waals surface area (Å²) in [5.41, 5.74) is 6.93. The van der Waals surface area contributed by atoms with Crippen LogP contribution in [0.4, 0.5) is 11.4 Å². The second kappa shape index (κ2) is 6.00. The van der Waals surface area contributed by atoms with Gasteiger partial charge in [-0.15, -0.1) is 0 Å². The summed E-state index contributed by atoms with van der Waals surface area (Å²) in [6.45, 7) is 1.67. The predicted octanol–water partition coefficient (Wildman–Crippen LogP) is 2.36. The molecule has 2 rings (SSSR count). The van der Waals surface area contributed by atoms with Gasteiger partial charge in [0, 0.05) is 29.3 Å². The number of nitrogens with zero attached hydrogens (tertiary/aromatic N) is 1. The smallest absolute Gasteiger partial charge is 0.274 e. The van der Waals surface area contributed by atoms with Gasteiger partial charge in [0.05, 0.1) is 4.92 Å². The van der Waals surface area contributed by atoms with Crippen molar-refractivity contribution in [3.05, 3.63) is 33.9 Å². The Bertz CT molecular complexity index is 530. The standard InChI is InChI=1S/C14H19N3O3/c1-9-5-6-12(8-13(9)17(19)20)16-14(18)10-3-2-4-11(15)7-10/h5-6,8,10-11H,2-4,7,15H2,1H3,(H,16,18). The van der Waals surface area contributed by atoms with Gasteiger partial charge < -0.3 is 11.1 Å². The van der Waals surface area contributed by atoms with Gasteiger partial charge in [0.2, 0.25) is 5.91 Å². The van der Waals surface area contributed by atoms with Crippen molar-refractivity contribution in [2.75, 3.05) is 5.32 Å². The zero-order valence-electron chi connectivity index (χ0n) is 11.5. The molecule has 6 nitrogen and oxygen atoms in total. The van der Waals surface area contributed by atoms with Crippen molar-refractivity contribution >= 4 is 17.3 Å². The van der Waals surface area contributed by atoms with E-state index in [1.54, 1.807) is 19.1 Å². The third kappa shape index (κ3) is 3.33. The lowest BCUT2D eigenvalue weighted by molar-refractivity contribution is -0.385. The topological polar surface area (TPSA) is 98.3 Å². The molecule has 108 valence electrons. The summed E-state index contributed by atoms with van der Waals surface area (Å²) in [6, 6.07) is 4.80. The summed E-state index contributed by atoms with van der Waals surface area (Å²) in [5.74, 6) is -0.197. The van der Waals surface area contributed by atoms with E-state index in [-0.39, 0.29) is 23.6 Å². The lowest BCUT2D eigenvalue weighted by atomic mass is 9.85. The van der Waals surface area contributed by atoms with E-state index in [9.17, 15) is 14.9 Å². The maximum Gasteiger partial charge on any atom is 0.274 e. The molecular formula is C14H19N3O3. The molecule has 2 atom stereocenters. The number of anilines is 1. The largest absolute Gasteiger partial charge is 0.328 e. The molecule has 6 heteroatoms.